The quantitative estimate of drug-likeness (QED) is 0.793. The standard InChI is InChI=1S/C12H17ClN2OS2/c1-8(18(2)16)5-6-15-11-4-3-9(13)7-10(11)12(14)17/h3-4,7-8,15H,5-6H2,1-2H3,(H2,14,17). The minimum atomic E-state index is -0.798. The summed E-state index contributed by atoms with van der Waals surface area (Å²) < 4.78 is 11.2. The number of nitrogens with one attached hydrogen (secondary N) is 1. The number of benzene rings is 1. The summed E-state index contributed by atoms with van der Waals surface area (Å²) in [5.41, 5.74) is 7.25. The Morgan fingerprint density at radius 3 is 2.83 bits per heavy atom. The van der Waals surface area contributed by atoms with Gasteiger partial charge < -0.3 is 11.1 Å². The van der Waals surface area contributed by atoms with Crippen molar-refractivity contribution >= 4 is 45.3 Å². The Morgan fingerprint density at radius 2 is 2.28 bits per heavy atom. The van der Waals surface area contributed by atoms with Crippen molar-refractivity contribution in [3.8, 4) is 0 Å². The van der Waals surface area contributed by atoms with Crippen LogP contribution in [0.4, 0.5) is 5.69 Å². The van der Waals surface area contributed by atoms with E-state index in [4.69, 9.17) is 29.6 Å². The summed E-state index contributed by atoms with van der Waals surface area (Å²) in [5.74, 6) is 0. The molecular formula is C12H17ClN2OS2. The molecule has 100 valence electrons. The number of nitrogens with two attached hydrogens (primary N) is 1. The molecule has 0 aromatic heterocycles. The van der Waals surface area contributed by atoms with Crippen molar-refractivity contribution in [3.63, 3.8) is 0 Å². The summed E-state index contributed by atoms with van der Waals surface area (Å²) >= 11 is 10.9. The highest BCUT2D eigenvalue weighted by atomic mass is 35.5. The second kappa shape index (κ2) is 7.07. The third kappa shape index (κ3) is 4.55. The summed E-state index contributed by atoms with van der Waals surface area (Å²) in [6.45, 7) is 2.69. The predicted octanol–water partition coefficient (Wildman–Crippen LogP) is 2.54. The smallest absolute Gasteiger partial charge is 0.106 e. The molecule has 1 aromatic rings. The van der Waals surface area contributed by atoms with E-state index in [1.54, 1.807) is 18.4 Å². The molecule has 0 aliphatic carbocycles. The number of halogens is 1. The van der Waals surface area contributed by atoms with Gasteiger partial charge in [-0.15, -0.1) is 0 Å². The van der Waals surface area contributed by atoms with Gasteiger partial charge in [0.05, 0.1) is 0 Å². The van der Waals surface area contributed by atoms with Crippen LogP contribution in [0.5, 0.6) is 0 Å². The van der Waals surface area contributed by atoms with Crippen LogP contribution in [0.25, 0.3) is 0 Å². The highest BCUT2D eigenvalue weighted by Crippen LogP contribution is 2.20. The van der Waals surface area contributed by atoms with Crippen LogP contribution in [0, 0.1) is 0 Å². The minimum absolute atomic E-state index is 0.165. The van der Waals surface area contributed by atoms with Gasteiger partial charge in [0.25, 0.3) is 0 Å². The number of hydrogen-bond donors (Lipinski definition) is 2. The first kappa shape index (κ1) is 15.4. The fraction of sp³-hybridized carbons (Fsp3) is 0.417. The van der Waals surface area contributed by atoms with E-state index in [2.05, 4.69) is 5.32 Å². The maximum absolute atomic E-state index is 11.2. The van der Waals surface area contributed by atoms with Crippen molar-refractivity contribution in [2.24, 2.45) is 5.73 Å². The first-order valence-corrected chi connectivity index (χ1v) is 7.98. The predicted molar refractivity (Wildman–Crippen MR) is 84.0 cm³/mol. The number of anilines is 1. The van der Waals surface area contributed by atoms with E-state index in [-0.39, 0.29) is 5.25 Å². The van der Waals surface area contributed by atoms with Gasteiger partial charge in [-0.3, -0.25) is 4.21 Å². The lowest BCUT2D eigenvalue weighted by Gasteiger charge is -2.13. The van der Waals surface area contributed by atoms with Gasteiger partial charge in [-0.1, -0.05) is 30.7 Å². The number of thiocarbonyl (C=S) groups is 1. The van der Waals surface area contributed by atoms with Crippen LogP contribution in [-0.2, 0) is 10.8 Å². The molecule has 18 heavy (non-hydrogen) atoms. The van der Waals surface area contributed by atoms with Gasteiger partial charge >= 0.3 is 0 Å². The van der Waals surface area contributed by atoms with E-state index in [1.807, 2.05) is 13.0 Å². The van der Waals surface area contributed by atoms with E-state index < -0.39 is 10.8 Å². The maximum Gasteiger partial charge on any atom is 0.106 e. The SMILES string of the molecule is CC(CCNc1ccc(Cl)cc1C(N)=S)S(C)=O. The fourth-order valence-electron chi connectivity index (χ4n) is 1.45. The van der Waals surface area contributed by atoms with Gasteiger partial charge in [0.15, 0.2) is 0 Å². The van der Waals surface area contributed by atoms with Gasteiger partial charge in [-0.2, -0.15) is 0 Å². The highest BCUT2D eigenvalue weighted by molar-refractivity contribution is 7.84. The zero-order valence-electron chi connectivity index (χ0n) is 10.4. The second-order valence-electron chi connectivity index (χ2n) is 4.08. The van der Waals surface area contributed by atoms with Crippen LogP contribution >= 0.6 is 23.8 Å². The van der Waals surface area contributed by atoms with Crippen molar-refractivity contribution in [1.29, 1.82) is 0 Å². The molecule has 6 heteroatoms. The lowest BCUT2D eigenvalue weighted by Crippen LogP contribution is -2.17. The van der Waals surface area contributed by atoms with Gasteiger partial charge in [0.1, 0.15) is 4.99 Å². The molecule has 0 spiro atoms. The first-order chi connectivity index (χ1) is 8.41. The van der Waals surface area contributed by atoms with Crippen LogP contribution in [0.2, 0.25) is 5.02 Å². The monoisotopic (exact) mass is 304 g/mol. The molecule has 0 bridgehead atoms. The first-order valence-electron chi connectivity index (χ1n) is 5.57. The molecule has 0 saturated heterocycles. The molecule has 3 N–H and O–H groups in total. The van der Waals surface area contributed by atoms with Gasteiger partial charge in [0.2, 0.25) is 0 Å². The van der Waals surface area contributed by atoms with E-state index in [0.717, 1.165) is 24.2 Å². The van der Waals surface area contributed by atoms with E-state index in [0.29, 0.717) is 10.0 Å². The Labute approximate surface area is 121 Å². The van der Waals surface area contributed by atoms with E-state index >= 15 is 0 Å². The summed E-state index contributed by atoms with van der Waals surface area (Å²) in [6, 6.07) is 5.38. The molecule has 0 amide bonds. The second-order valence-corrected chi connectivity index (χ2v) is 6.76. The normalized spacial score (nSPS) is 13.9. The van der Waals surface area contributed by atoms with Crippen LogP contribution in [0.15, 0.2) is 18.2 Å². The minimum Gasteiger partial charge on any atom is -0.389 e. The molecule has 2 atom stereocenters. The molecular weight excluding hydrogens is 288 g/mol. The maximum atomic E-state index is 11.2. The Hall–Kier alpha value is -0.650. The summed E-state index contributed by atoms with van der Waals surface area (Å²) in [4.78, 5) is 0.312. The van der Waals surface area contributed by atoms with Crippen molar-refractivity contribution in [2.45, 2.75) is 18.6 Å². The number of rotatable bonds is 6. The lowest BCUT2D eigenvalue weighted by molar-refractivity contribution is 0.672. The lowest BCUT2D eigenvalue weighted by atomic mass is 10.1. The zero-order valence-corrected chi connectivity index (χ0v) is 12.8. The molecule has 1 aromatic carbocycles. The fourth-order valence-corrected chi connectivity index (χ4v) is 2.24. The topological polar surface area (TPSA) is 55.1 Å². The van der Waals surface area contributed by atoms with E-state index in [1.165, 1.54) is 0 Å². The molecule has 1 rings (SSSR count). The molecule has 0 aliphatic heterocycles. The van der Waals surface area contributed by atoms with Crippen molar-refractivity contribution in [1.82, 2.24) is 0 Å². The summed E-state index contributed by atoms with van der Waals surface area (Å²) in [7, 11) is -0.798. The van der Waals surface area contributed by atoms with Crippen molar-refractivity contribution in [2.75, 3.05) is 18.1 Å². The van der Waals surface area contributed by atoms with Crippen LogP contribution < -0.4 is 11.1 Å². The Bertz CT molecular complexity index is 465. The Balaban J connectivity index is 2.67. The summed E-state index contributed by atoms with van der Waals surface area (Å²) in [5, 5.41) is 4.02. The zero-order chi connectivity index (χ0) is 13.7. The van der Waals surface area contributed by atoms with Gasteiger partial charge in [-0.05, 0) is 24.6 Å². The molecule has 2 unspecified atom stereocenters. The highest BCUT2D eigenvalue weighted by Gasteiger charge is 2.08. The average molecular weight is 305 g/mol. The third-order valence-electron chi connectivity index (χ3n) is 2.68. The number of hydrogen-bond acceptors (Lipinski definition) is 3. The van der Waals surface area contributed by atoms with Crippen LogP contribution in [-0.4, -0.2) is 27.2 Å². The largest absolute Gasteiger partial charge is 0.389 e. The summed E-state index contributed by atoms with van der Waals surface area (Å²) in [6.07, 6.45) is 2.54. The molecule has 0 heterocycles. The average Bonchev–Trinajstić information content (AvgIpc) is 2.30. The molecule has 0 fully saturated rings. The molecule has 0 saturated carbocycles. The third-order valence-corrected chi connectivity index (χ3v) is 4.50. The molecule has 3 nitrogen and oxygen atoms in total. The van der Waals surface area contributed by atoms with Crippen LogP contribution in [0.3, 0.4) is 0 Å². The molecule has 0 radical (unpaired) electrons. The van der Waals surface area contributed by atoms with Gasteiger partial charge in [-0.25, -0.2) is 0 Å². The van der Waals surface area contributed by atoms with Gasteiger partial charge in [0, 0.05) is 45.1 Å². The van der Waals surface area contributed by atoms with E-state index in [9.17, 15) is 4.21 Å². The Morgan fingerprint density at radius 1 is 1.61 bits per heavy atom. The Kier molecular flexibility index (Phi) is 6.05. The molecule has 0 aliphatic rings. The van der Waals surface area contributed by atoms with Crippen molar-refractivity contribution < 1.29 is 4.21 Å². The van der Waals surface area contributed by atoms with Crippen molar-refractivity contribution in [3.05, 3.63) is 28.8 Å². The van der Waals surface area contributed by atoms with Crippen LogP contribution in [0.1, 0.15) is 18.9 Å².